The Hall–Kier alpha value is -4.79. The maximum Gasteiger partial charge on any atom is 0.258 e. The summed E-state index contributed by atoms with van der Waals surface area (Å²) in [6, 6.07) is 22.2. The molecule has 0 spiro atoms. The van der Waals surface area contributed by atoms with Crippen LogP contribution in [-0.2, 0) is 19.2 Å². The van der Waals surface area contributed by atoms with Crippen molar-refractivity contribution >= 4 is 75.1 Å². The molecule has 10 heteroatoms. The van der Waals surface area contributed by atoms with Gasteiger partial charge >= 0.3 is 0 Å². The molecular formula is C38H27Cl2FN2O5. The van der Waals surface area contributed by atoms with Gasteiger partial charge in [0, 0.05) is 11.5 Å². The third kappa shape index (κ3) is 3.93. The van der Waals surface area contributed by atoms with E-state index < -0.39 is 57.0 Å². The number of fused-ring (bicyclic) bond motifs is 5. The lowest BCUT2D eigenvalue weighted by atomic mass is 9.56. The lowest BCUT2D eigenvalue weighted by Gasteiger charge is -2.51. The van der Waals surface area contributed by atoms with Gasteiger partial charge in [-0.2, -0.15) is 0 Å². The van der Waals surface area contributed by atoms with Gasteiger partial charge in [0.25, 0.3) is 11.8 Å². The van der Waals surface area contributed by atoms with Gasteiger partial charge in [-0.1, -0.05) is 66.8 Å². The van der Waals surface area contributed by atoms with Crippen LogP contribution in [0.4, 0.5) is 15.8 Å². The molecule has 4 amide bonds. The number of carbonyl (C=O) groups excluding carboxylic acids is 4. The summed E-state index contributed by atoms with van der Waals surface area (Å²) < 4.78 is 13.9. The van der Waals surface area contributed by atoms with E-state index in [2.05, 4.69) is 6.58 Å². The second kappa shape index (κ2) is 10.6. The second-order valence-electron chi connectivity index (χ2n) is 12.8. The highest BCUT2D eigenvalue weighted by Crippen LogP contribution is 2.67. The summed E-state index contributed by atoms with van der Waals surface area (Å²) in [5.74, 6) is -6.80. The predicted octanol–water partition coefficient (Wildman–Crippen LogP) is 7.10. The minimum atomic E-state index is -2.16. The zero-order valence-electron chi connectivity index (χ0n) is 25.3. The molecule has 240 valence electrons. The number of benzene rings is 4. The van der Waals surface area contributed by atoms with Crippen LogP contribution in [0.2, 0.25) is 0 Å². The van der Waals surface area contributed by atoms with E-state index in [1.54, 1.807) is 48.5 Å². The van der Waals surface area contributed by atoms with Gasteiger partial charge in [-0.25, -0.2) is 9.29 Å². The molecule has 7 nitrogen and oxygen atoms in total. The van der Waals surface area contributed by atoms with Gasteiger partial charge in [0.2, 0.25) is 11.8 Å². The number of hydrogen-bond acceptors (Lipinski definition) is 5. The number of allylic oxidation sites excluding steroid dienone is 2. The first-order valence-electron chi connectivity index (χ1n) is 15.5. The van der Waals surface area contributed by atoms with E-state index in [1.165, 1.54) is 23.1 Å². The van der Waals surface area contributed by atoms with Crippen LogP contribution >= 0.6 is 23.2 Å². The van der Waals surface area contributed by atoms with Gasteiger partial charge < -0.3 is 5.11 Å². The van der Waals surface area contributed by atoms with Gasteiger partial charge in [0.05, 0.1) is 23.2 Å². The molecule has 1 N–H and O–H groups in total. The summed E-state index contributed by atoms with van der Waals surface area (Å²) in [7, 11) is 0. The molecule has 2 heterocycles. The Labute approximate surface area is 284 Å². The number of hydrogen-bond donors (Lipinski definition) is 1. The fourth-order valence-corrected chi connectivity index (χ4v) is 9.24. The van der Waals surface area contributed by atoms with Crippen LogP contribution in [0.1, 0.15) is 29.9 Å². The van der Waals surface area contributed by atoms with Crippen molar-refractivity contribution in [2.75, 3.05) is 9.80 Å². The fourth-order valence-electron chi connectivity index (χ4n) is 8.32. The monoisotopic (exact) mass is 680 g/mol. The number of anilines is 2. The Bertz CT molecular complexity index is 2130. The molecule has 6 atom stereocenters. The number of phenols is 1. The largest absolute Gasteiger partial charge is 0.508 e. The molecule has 48 heavy (non-hydrogen) atoms. The van der Waals surface area contributed by atoms with Crippen molar-refractivity contribution in [3.8, 4) is 5.75 Å². The molecule has 4 aliphatic rings. The van der Waals surface area contributed by atoms with E-state index in [1.807, 2.05) is 18.2 Å². The van der Waals surface area contributed by atoms with E-state index in [0.717, 1.165) is 28.0 Å². The number of nitrogens with zero attached hydrogens (tertiary/aromatic N) is 2. The predicted molar refractivity (Wildman–Crippen MR) is 181 cm³/mol. The van der Waals surface area contributed by atoms with Crippen molar-refractivity contribution in [3.63, 3.8) is 0 Å². The maximum absolute atomic E-state index is 14.7. The van der Waals surface area contributed by atoms with Gasteiger partial charge in [-0.05, 0) is 77.6 Å². The van der Waals surface area contributed by atoms with E-state index in [4.69, 9.17) is 23.2 Å². The first kappa shape index (κ1) is 30.5. The number of imide groups is 2. The number of carbonyl (C=O) groups is 4. The average Bonchev–Trinajstić information content (AvgIpc) is 3.43. The normalized spacial score (nSPS) is 29.5. The molecule has 6 unspecified atom stereocenters. The maximum atomic E-state index is 14.7. The van der Waals surface area contributed by atoms with Crippen molar-refractivity contribution in [3.05, 3.63) is 120 Å². The Balaban J connectivity index is 1.33. The molecule has 4 aromatic rings. The molecule has 8 rings (SSSR count). The van der Waals surface area contributed by atoms with E-state index in [0.29, 0.717) is 22.2 Å². The van der Waals surface area contributed by atoms with Crippen LogP contribution in [-0.4, -0.2) is 38.5 Å². The van der Waals surface area contributed by atoms with Crippen molar-refractivity contribution in [2.24, 2.45) is 17.8 Å². The van der Waals surface area contributed by atoms with Crippen LogP contribution in [0.15, 0.2) is 103 Å². The molecule has 0 radical (unpaired) electrons. The first-order valence-corrected chi connectivity index (χ1v) is 16.3. The Morgan fingerprint density at radius 2 is 1.48 bits per heavy atom. The minimum Gasteiger partial charge on any atom is -0.508 e. The molecule has 2 aliphatic carbocycles. The smallest absolute Gasteiger partial charge is 0.258 e. The number of rotatable bonds is 4. The first-order chi connectivity index (χ1) is 23.0. The van der Waals surface area contributed by atoms with Gasteiger partial charge in [-0.3, -0.25) is 24.1 Å². The molecule has 0 bridgehead atoms. The number of aromatic hydroxyl groups is 1. The van der Waals surface area contributed by atoms with E-state index in [-0.39, 0.29) is 30.2 Å². The topological polar surface area (TPSA) is 95.0 Å². The summed E-state index contributed by atoms with van der Waals surface area (Å²) in [6.07, 6.45) is 3.44. The standard InChI is InChI=1S/C38H27Cl2FN2O5/c1-2-20-7-12-23(13-8-20)42-33(45)27-17-16-26-28(30(27)34(42)46)19-37(39)35(47)43(24-14-10-22(41)11-15-24)36(48)38(37,40)32(26)31-25-6-4-3-5-21(25)9-18-29(31)44/h2-16,18,27-28,30,32,44H,1,17,19H2. The zero-order chi connectivity index (χ0) is 33.7. The van der Waals surface area contributed by atoms with Crippen LogP contribution in [0.3, 0.4) is 0 Å². The summed E-state index contributed by atoms with van der Waals surface area (Å²) in [5, 5.41) is 12.9. The highest BCUT2D eigenvalue weighted by atomic mass is 35.5. The fraction of sp³-hybridized carbons (Fsp3) is 0.211. The molecule has 3 fully saturated rings. The molecule has 0 aromatic heterocycles. The molecule has 4 aromatic carbocycles. The van der Waals surface area contributed by atoms with Gasteiger partial charge in [0.1, 0.15) is 11.6 Å². The minimum absolute atomic E-state index is 0.0813. The summed E-state index contributed by atoms with van der Waals surface area (Å²) in [5.41, 5.74) is 2.16. The van der Waals surface area contributed by atoms with E-state index >= 15 is 0 Å². The average molecular weight is 682 g/mol. The lowest BCUT2D eigenvalue weighted by Crippen LogP contribution is -2.60. The molecule has 1 saturated carbocycles. The van der Waals surface area contributed by atoms with Crippen LogP contribution < -0.4 is 9.80 Å². The lowest BCUT2D eigenvalue weighted by molar-refractivity contribution is -0.125. The highest BCUT2D eigenvalue weighted by Gasteiger charge is 2.77. The molecular weight excluding hydrogens is 654 g/mol. The van der Waals surface area contributed by atoms with Gasteiger partial charge in [0.15, 0.2) is 9.75 Å². The van der Waals surface area contributed by atoms with Crippen molar-refractivity contribution in [1.82, 2.24) is 0 Å². The van der Waals surface area contributed by atoms with Gasteiger partial charge in [-0.15, -0.1) is 23.2 Å². The quantitative estimate of drug-likeness (QED) is 0.141. The van der Waals surface area contributed by atoms with Crippen LogP contribution in [0.25, 0.3) is 16.8 Å². The van der Waals surface area contributed by atoms with Crippen molar-refractivity contribution in [1.29, 1.82) is 0 Å². The van der Waals surface area contributed by atoms with Crippen LogP contribution in [0, 0.1) is 23.6 Å². The summed E-state index contributed by atoms with van der Waals surface area (Å²) >= 11 is 15.0. The number of halogens is 3. The summed E-state index contributed by atoms with van der Waals surface area (Å²) in [6.45, 7) is 3.76. The SMILES string of the molecule is C=Cc1ccc(N2C(=O)C3CC=C4C(CC5(Cl)C(=O)N(c6ccc(F)cc6)C(=O)C5(Cl)C4c4c(O)ccc5ccccc45)C3C2=O)cc1. The third-order valence-corrected chi connectivity index (χ3v) is 11.9. The third-order valence-electron chi connectivity index (χ3n) is 10.5. The zero-order valence-corrected chi connectivity index (χ0v) is 26.8. The Kier molecular flexibility index (Phi) is 6.75. The molecule has 2 saturated heterocycles. The van der Waals surface area contributed by atoms with Crippen molar-refractivity contribution < 1.29 is 28.7 Å². The number of alkyl halides is 2. The van der Waals surface area contributed by atoms with E-state index in [9.17, 15) is 28.7 Å². The Morgan fingerprint density at radius 1 is 0.812 bits per heavy atom. The second-order valence-corrected chi connectivity index (χ2v) is 14.0. The molecule has 2 aliphatic heterocycles. The summed E-state index contributed by atoms with van der Waals surface area (Å²) in [4.78, 5) is 55.2. The van der Waals surface area contributed by atoms with Crippen LogP contribution in [0.5, 0.6) is 5.75 Å². The van der Waals surface area contributed by atoms with Crippen molar-refractivity contribution in [2.45, 2.75) is 28.5 Å². The Morgan fingerprint density at radius 3 is 2.19 bits per heavy atom. The number of amides is 4. The highest BCUT2D eigenvalue weighted by molar-refractivity contribution is 6.58. The number of phenolic OH excluding ortho intramolecular Hbond substituents is 1.